The van der Waals surface area contributed by atoms with E-state index in [1.807, 2.05) is 0 Å². The van der Waals surface area contributed by atoms with Crippen molar-refractivity contribution in [3.63, 3.8) is 0 Å². The van der Waals surface area contributed by atoms with Crippen LogP contribution < -0.4 is 10.6 Å². The molecule has 1 saturated heterocycles. The molecule has 0 spiro atoms. The molecule has 1 fully saturated rings. The monoisotopic (exact) mass is 321 g/mol. The molecule has 8 heteroatoms. The highest BCUT2D eigenvalue weighted by atomic mass is 35.5. The molecule has 1 aliphatic heterocycles. The van der Waals surface area contributed by atoms with Crippen LogP contribution in [0.25, 0.3) is 0 Å². The summed E-state index contributed by atoms with van der Waals surface area (Å²) >= 11 is 5.87. The number of hydrogen-bond donors (Lipinski definition) is 2. The summed E-state index contributed by atoms with van der Waals surface area (Å²) < 4.78 is 38.7. The lowest BCUT2D eigenvalue weighted by molar-refractivity contribution is -0.175. The Morgan fingerprint density at radius 3 is 2.76 bits per heavy atom. The number of halogens is 4. The predicted octanol–water partition coefficient (Wildman–Crippen LogP) is 3.21. The van der Waals surface area contributed by atoms with E-state index >= 15 is 0 Å². The fourth-order valence-electron chi connectivity index (χ4n) is 2.51. The van der Waals surface area contributed by atoms with E-state index in [2.05, 4.69) is 5.16 Å². The Hall–Kier alpha value is -1.63. The average Bonchev–Trinajstić information content (AvgIpc) is 2.45. The van der Waals surface area contributed by atoms with E-state index in [9.17, 15) is 13.2 Å². The molecule has 0 aliphatic carbocycles. The van der Waals surface area contributed by atoms with Crippen molar-refractivity contribution in [2.75, 3.05) is 18.0 Å². The third kappa shape index (κ3) is 3.53. The van der Waals surface area contributed by atoms with Crippen molar-refractivity contribution >= 4 is 23.1 Å². The summed E-state index contributed by atoms with van der Waals surface area (Å²) in [6.45, 7) is 0.344. The Morgan fingerprint density at radius 1 is 1.43 bits per heavy atom. The van der Waals surface area contributed by atoms with Gasteiger partial charge in [0, 0.05) is 29.4 Å². The van der Waals surface area contributed by atoms with E-state index in [0.29, 0.717) is 29.2 Å². The molecule has 0 saturated carbocycles. The molecule has 1 aliphatic rings. The number of piperidine rings is 1. The Morgan fingerprint density at radius 2 is 2.14 bits per heavy atom. The zero-order valence-electron chi connectivity index (χ0n) is 11.1. The van der Waals surface area contributed by atoms with Gasteiger partial charge in [-0.3, -0.25) is 0 Å². The van der Waals surface area contributed by atoms with Gasteiger partial charge in [-0.1, -0.05) is 16.8 Å². The van der Waals surface area contributed by atoms with Crippen molar-refractivity contribution in [2.45, 2.75) is 19.0 Å². The lowest BCUT2D eigenvalue weighted by Crippen LogP contribution is -2.42. The molecule has 4 nitrogen and oxygen atoms in total. The third-order valence-corrected chi connectivity index (χ3v) is 3.80. The second kappa shape index (κ2) is 6.01. The van der Waals surface area contributed by atoms with Gasteiger partial charge in [-0.15, -0.1) is 0 Å². The number of hydrogen-bond acceptors (Lipinski definition) is 3. The fraction of sp³-hybridized carbons (Fsp3) is 0.462. The van der Waals surface area contributed by atoms with Crippen LogP contribution >= 0.6 is 11.6 Å². The molecule has 1 atom stereocenters. The smallest absolute Gasteiger partial charge is 0.393 e. The van der Waals surface area contributed by atoms with Gasteiger partial charge in [-0.05, 0) is 31.0 Å². The molecule has 0 bridgehead atoms. The van der Waals surface area contributed by atoms with E-state index in [1.54, 1.807) is 17.0 Å². The van der Waals surface area contributed by atoms with Crippen LogP contribution in [-0.2, 0) is 0 Å². The molecular formula is C13H15ClF3N3O. The summed E-state index contributed by atoms with van der Waals surface area (Å²) in [7, 11) is 0. The Bertz CT molecular complexity index is 548. The highest BCUT2D eigenvalue weighted by Gasteiger charge is 2.42. The highest BCUT2D eigenvalue weighted by Crippen LogP contribution is 2.36. The van der Waals surface area contributed by atoms with Crippen molar-refractivity contribution in [1.29, 1.82) is 0 Å². The molecule has 1 unspecified atom stereocenters. The minimum atomic E-state index is -4.22. The Labute approximate surface area is 125 Å². The zero-order chi connectivity index (χ0) is 15.6. The normalized spacial score (nSPS) is 20.7. The molecule has 0 amide bonds. The van der Waals surface area contributed by atoms with E-state index in [0.717, 1.165) is 0 Å². The van der Waals surface area contributed by atoms with Crippen molar-refractivity contribution < 1.29 is 18.4 Å². The van der Waals surface area contributed by atoms with Crippen LogP contribution in [0, 0.1) is 5.92 Å². The summed E-state index contributed by atoms with van der Waals surface area (Å²) in [4.78, 5) is 1.60. The molecule has 116 valence electrons. The standard InChI is InChI=1S/C13H15ClF3N3O/c14-9-3-4-11(10(6-9)12(18)19-21)20-5-1-2-8(7-20)13(15,16)17/h3-4,6,8,21H,1-2,5,7H2,(H2,18,19). The van der Waals surface area contributed by atoms with Gasteiger partial charge in [0.25, 0.3) is 0 Å². The van der Waals surface area contributed by atoms with Crippen LogP contribution in [0.1, 0.15) is 18.4 Å². The van der Waals surface area contributed by atoms with Crippen molar-refractivity contribution in [3.8, 4) is 0 Å². The minimum absolute atomic E-state index is 0.118. The van der Waals surface area contributed by atoms with Gasteiger partial charge in [0.1, 0.15) is 0 Å². The quantitative estimate of drug-likeness (QED) is 0.380. The van der Waals surface area contributed by atoms with E-state index < -0.39 is 12.1 Å². The summed E-state index contributed by atoms with van der Waals surface area (Å²) in [5, 5.41) is 12.1. The Kier molecular flexibility index (Phi) is 4.51. The van der Waals surface area contributed by atoms with E-state index in [1.165, 1.54) is 6.07 Å². The first kappa shape index (κ1) is 15.8. The second-order valence-corrected chi connectivity index (χ2v) is 5.41. The number of nitrogens with two attached hydrogens (primary N) is 1. The maximum Gasteiger partial charge on any atom is 0.393 e. The average molecular weight is 322 g/mol. The topological polar surface area (TPSA) is 61.9 Å². The van der Waals surface area contributed by atoms with Gasteiger partial charge in [-0.2, -0.15) is 13.2 Å². The van der Waals surface area contributed by atoms with Crippen molar-refractivity contribution in [3.05, 3.63) is 28.8 Å². The first-order chi connectivity index (χ1) is 9.82. The van der Waals surface area contributed by atoms with E-state index in [-0.39, 0.29) is 18.8 Å². The molecule has 2 rings (SSSR count). The van der Waals surface area contributed by atoms with Crippen LogP contribution in [0.5, 0.6) is 0 Å². The van der Waals surface area contributed by atoms with Crippen LogP contribution in [0.15, 0.2) is 23.4 Å². The van der Waals surface area contributed by atoms with Gasteiger partial charge >= 0.3 is 6.18 Å². The van der Waals surface area contributed by atoms with Crippen molar-refractivity contribution in [1.82, 2.24) is 0 Å². The van der Waals surface area contributed by atoms with Crippen LogP contribution in [-0.4, -0.2) is 30.3 Å². The number of anilines is 1. The largest absolute Gasteiger partial charge is 0.409 e. The summed E-state index contributed by atoms with van der Waals surface area (Å²) in [5.41, 5.74) is 6.40. The van der Waals surface area contributed by atoms with Gasteiger partial charge in [0.05, 0.1) is 5.92 Å². The maximum atomic E-state index is 12.9. The first-order valence-electron chi connectivity index (χ1n) is 6.42. The summed E-state index contributed by atoms with van der Waals surface area (Å²) in [5.74, 6) is -1.55. The number of amidine groups is 1. The van der Waals surface area contributed by atoms with Gasteiger partial charge < -0.3 is 15.8 Å². The molecule has 21 heavy (non-hydrogen) atoms. The number of nitrogens with zero attached hydrogens (tertiary/aromatic N) is 2. The van der Waals surface area contributed by atoms with Crippen LogP contribution in [0.3, 0.4) is 0 Å². The molecule has 0 aromatic heterocycles. The fourth-order valence-corrected chi connectivity index (χ4v) is 2.68. The van der Waals surface area contributed by atoms with Crippen LogP contribution in [0.2, 0.25) is 5.02 Å². The Balaban J connectivity index is 2.33. The second-order valence-electron chi connectivity index (χ2n) is 4.97. The lowest BCUT2D eigenvalue weighted by atomic mass is 9.96. The van der Waals surface area contributed by atoms with Crippen molar-refractivity contribution in [2.24, 2.45) is 16.8 Å². The number of rotatable bonds is 2. The van der Waals surface area contributed by atoms with Gasteiger partial charge in [0.15, 0.2) is 5.84 Å². The molecule has 3 N–H and O–H groups in total. The molecule has 1 heterocycles. The van der Waals surface area contributed by atoms with Gasteiger partial charge in [0.2, 0.25) is 0 Å². The number of alkyl halides is 3. The molecule has 1 aromatic carbocycles. The summed E-state index contributed by atoms with van der Waals surface area (Å²) in [6, 6.07) is 4.64. The summed E-state index contributed by atoms with van der Waals surface area (Å²) in [6.07, 6.45) is -3.67. The highest BCUT2D eigenvalue weighted by molar-refractivity contribution is 6.31. The zero-order valence-corrected chi connectivity index (χ0v) is 11.8. The maximum absolute atomic E-state index is 12.9. The lowest BCUT2D eigenvalue weighted by Gasteiger charge is -2.36. The van der Waals surface area contributed by atoms with Gasteiger partial charge in [-0.25, -0.2) is 0 Å². The SMILES string of the molecule is NC(=NO)c1cc(Cl)ccc1N1CCCC(C(F)(F)F)C1. The molecule has 0 radical (unpaired) electrons. The van der Waals surface area contributed by atoms with E-state index in [4.69, 9.17) is 22.5 Å². The minimum Gasteiger partial charge on any atom is -0.409 e. The molecule has 1 aromatic rings. The number of oxime groups is 1. The first-order valence-corrected chi connectivity index (χ1v) is 6.80. The third-order valence-electron chi connectivity index (χ3n) is 3.57. The predicted molar refractivity (Wildman–Crippen MR) is 75.0 cm³/mol. The molecular weight excluding hydrogens is 307 g/mol. The van der Waals surface area contributed by atoms with Crippen LogP contribution in [0.4, 0.5) is 18.9 Å². The number of benzene rings is 1.